The average molecular weight is 405 g/mol. The second-order valence-electron chi connectivity index (χ2n) is 5.85. The smallest absolute Gasteiger partial charge is 0.295 e. The summed E-state index contributed by atoms with van der Waals surface area (Å²) in [5.74, 6) is -0.248. The van der Waals surface area contributed by atoms with Gasteiger partial charge in [0, 0.05) is 7.05 Å². The molecule has 27 heavy (non-hydrogen) atoms. The second-order valence-corrected chi connectivity index (χ2v) is 8.31. The molecule has 1 amide bonds. The molecule has 1 aromatic carbocycles. The van der Waals surface area contributed by atoms with Gasteiger partial charge in [-0.05, 0) is 25.5 Å². The largest absolute Gasteiger partial charge is 0.374 e. The highest BCUT2D eigenvalue weighted by molar-refractivity contribution is 8.02. The summed E-state index contributed by atoms with van der Waals surface area (Å²) in [5, 5.41) is 10.5. The lowest BCUT2D eigenvalue weighted by atomic mass is 10.3. The predicted octanol–water partition coefficient (Wildman–Crippen LogP) is 2.43. The number of para-hydroxylation sites is 1. The lowest BCUT2D eigenvalue weighted by Crippen LogP contribution is -2.28. The monoisotopic (exact) mass is 404 g/mol. The Labute approximate surface area is 164 Å². The van der Waals surface area contributed by atoms with Crippen LogP contribution < -0.4 is 16.6 Å². The van der Waals surface area contributed by atoms with Crippen LogP contribution in [-0.4, -0.2) is 30.7 Å². The maximum absolute atomic E-state index is 12.9. The Morgan fingerprint density at radius 2 is 2.04 bits per heavy atom. The van der Waals surface area contributed by atoms with E-state index in [4.69, 9.17) is 5.73 Å². The first-order valence-electron chi connectivity index (χ1n) is 8.32. The Balaban J connectivity index is 1.86. The van der Waals surface area contributed by atoms with Crippen molar-refractivity contribution in [2.45, 2.75) is 29.9 Å². The van der Waals surface area contributed by atoms with Crippen molar-refractivity contribution in [1.29, 1.82) is 0 Å². The standard InChI is InChI=1S/C17H20N6O2S2/c1-4-12(26-17-21-20-16(18)27-17)14(24)19-13-10(2)22(3)23(15(13)25)11-8-6-5-7-9-11/h5-9,12H,4H2,1-3H3,(H2,18,20)(H,19,24). The van der Waals surface area contributed by atoms with Gasteiger partial charge in [0.1, 0.15) is 5.69 Å². The van der Waals surface area contributed by atoms with E-state index < -0.39 is 5.25 Å². The van der Waals surface area contributed by atoms with Crippen LogP contribution in [0.15, 0.2) is 39.5 Å². The van der Waals surface area contributed by atoms with Crippen LogP contribution in [0.1, 0.15) is 19.0 Å². The third kappa shape index (κ3) is 3.91. The maximum Gasteiger partial charge on any atom is 0.295 e. The van der Waals surface area contributed by atoms with Crippen LogP contribution in [0.3, 0.4) is 0 Å². The molecule has 0 aliphatic carbocycles. The molecule has 0 saturated carbocycles. The highest BCUT2D eigenvalue weighted by Gasteiger charge is 2.24. The topological polar surface area (TPSA) is 108 Å². The van der Waals surface area contributed by atoms with Crippen molar-refractivity contribution in [1.82, 2.24) is 19.6 Å². The Morgan fingerprint density at radius 1 is 1.33 bits per heavy atom. The molecule has 3 N–H and O–H groups in total. The van der Waals surface area contributed by atoms with Crippen LogP contribution in [0.4, 0.5) is 10.8 Å². The molecule has 8 nitrogen and oxygen atoms in total. The Kier molecular flexibility index (Phi) is 5.66. The lowest BCUT2D eigenvalue weighted by molar-refractivity contribution is -0.115. The fourth-order valence-electron chi connectivity index (χ4n) is 2.63. The zero-order chi connectivity index (χ0) is 19.6. The van der Waals surface area contributed by atoms with Gasteiger partial charge in [0.15, 0.2) is 4.34 Å². The summed E-state index contributed by atoms with van der Waals surface area (Å²) >= 11 is 2.53. The summed E-state index contributed by atoms with van der Waals surface area (Å²) in [7, 11) is 1.79. The number of hydrogen-bond donors (Lipinski definition) is 2. The summed E-state index contributed by atoms with van der Waals surface area (Å²) in [5.41, 5.74) is 7.02. The van der Waals surface area contributed by atoms with Crippen LogP contribution in [0.2, 0.25) is 0 Å². The summed E-state index contributed by atoms with van der Waals surface area (Å²) in [6, 6.07) is 9.30. The molecule has 0 radical (unpaired) electrons. The molecule has 1 unspecified atom stereocenters. The average Bonchev–Trinajstić information content (AvgIpc) is 3.16. The first-order chi connectivity index (χ1) is 12.9. The predicted molar refractivity (Wildman–Crippen MR) is 109 cm³/mol. The normalized spacial score (nSPS) is 12.1. The van der Waals surface area contributed by atoms with Crippen molar-refractivity contribution in [2.75, 3.05) is 11.1 Å². The molecule has 0 spiro atoms. The minimum absolute atomic E-state index is 0.248. The summed E-state index contributed by atoms with van der Waals surface area (Å²) in [6.45, 7) is 3.71. The maximum atomic E-state index is 12.9. The number of benzene rings is 1. The van der Waals surface area contributed by atoms with E-state index in [0.717, 1.165) is 5.69 Å². The van der Waals surface area contributed by atoms with Crippen molar-refractivity contribution in [3.8, 4) is 5.69 Å². The van der Waals surface area contributed by atoms with E-state index in [2.05, 4.69) is 15.5 Å². The lowest BCUT2D eigenvalue weighted by Gasteiger charge is -2.12. The van der Waals surface area contributed by atoms with Gasteiger partial charge >= 0.3 is 0 Å². The Bertz CT molecular complexity index is 1010. The Morgan fingerprint density at radius 3 is 2.63 bits per heavy atom. The van der Waals surface area contributed by atoms with Gasteiger partial charge in [-0.25, -0.2) is 4.68 Å². The minimum atomic E-state index is -0.401. The quantitative estimate of drug-likeness (QED) is 0.611. The number of nitrogens with zero attached hydrogens (tertiary/aromatic N) is 4. The van der Waals surface area contributed by atoms with Gasteiger partial charge in [0.25, 0.3) is 5.56 Å². The van der Waals surface area contributed by atoms with Gasteiger partial charge in [-0.15, -0.1) is 10.2 Å². The van der Waals surface area contributed by atoms with E-state index in [1.807, 2.05) is 37.3 Å². The highest BCUT2D eigenvalue weighted by atomic mass is 32.2. The number of carbonyl (C=O) groups is 1. The molecular formula is C17H20N6O2S2. The van der Waals surface area contributed by atoms with Crippen LogP contribution in [-0.2, 0) is 11.8 Å². The van der Waals surface area contributed by atoms with Gasteiger partial charge < -0.3 is 11.1 Å². The molecule has 0 saturated heterocycles. The number of nitrogens with two attached hydrogens (primary N) is 1. The molecule has 0 fully saturated rings. The SMILES string of the molecule is CCC(Sc1nnc(N)s1)C(=O)Nc1c(C)n(C)n(-c2ccccc2)c1=O. The molecule has 10 heteroatoms. The van der Waals surface area contributed by atoms with Crippen molar-refractivity contribution < 1.29 is 4.79 Å². The molecule has 142 valence electrons. The molecular weight excluding hydrogens is 384 g/mol. The highest BCUT2D eigenvalue weighted by Crippen LogP contribution is 2.30. The van der Waals surface area contributed by atoms with Crippen molar-refractivity contribution in [3.05, 3.63) is 46.4 Å². The molecule has 1 atom stereocenters. The fourth-order valence-corrected chi connectivity index (χ4v) is 4.43. The third-order valence-electron chi connectivity index (χ3n) is 4.13. The van der Waals surface area contributed by atoms with Crippen LogP contribution in [0.5, 0.6) is 0 Å². The number of hydrogen-bond acceptors (Lipinski definition) is 7. The Hall–Kier alpha value is -2.59. The van der Waals surface area contributed by atoms with E-state index in [1.54, 1.807) is 18.7 Å². The van der Waals surface area contributed by atoms with Gasteiger partial charge in [0.2, 0.25) is 11.0 Å². The number of nitrogen functional groups attached to an aromatic ring is 1. The zero-order valence-corrected chi connectivity index (χ0v) is 16.8. The molecule has 0 aliphatic heterocycles. The van der Waals surface area contributed by atoms with Crippen molar-refractivity contribution in [2.24, 2.45) is 7.05 Å². The first-order valence-corrected chi connectivity index (χ1v) is 10.0. The van der Waals surface area contributed by atoms with Crippen molar-refractivity contribution >= 4 is 39.8 Å². The fraction of sp³-hybridized carbons (Fsp3) is 0.294. The van der Waals surface area contributed by atoms with Crippen LogP contribution in [0.25, 0.3) is 5.69 Å². The summed E-state index contributed by atoms with van der Waals surface area (Å²) < 4.78 is 3.89. The van der Waals surface area contributed by atoms with E-state index in [9.17, 15) is 9.59 Å². The molecule has 2 aromatic heterocycles. The molecule has 0 bridgehead atoms. The number of amides is 1. The van der Waals surface area contributed by atoms with E-state index in [0.29, 0.717) is 21.6 Å². The minimum Gasteiger partial charge on any atom is -0.374 e. The summed E-state index contributed by atoms with van der Waals surface area (Å²) in [4.78, 5) is 25.7. The zero-order valence-electron chi connectivity index (χ0n) is 15.2. The van der Waals surface area contributed by atoms with E-state index in [-0.39, 0.29) is 17.2 Å². The number of thioether (sulfide) groups is 1. The number of carbonyl (C=O) groups excluding carboxylic acids is 1. The van der Waals surface area contributed by atoms with Gasteiger partial charge in [-0.3, -0.25) is 14.3 Å². The van der Waals surface area contributed by atoms with E-state index in [1.165, 1.54) is 27.8 Å². The molecule has 3 aromatic rings. The van der Waals surface area contributed by atoms with Crippen LogP contribution >= 0.6 is 23.1 Å². The molecule has 2 heterocycles. The van der Waals surface area contributed by atoms with Crippen LogP contribution in [0, 0.1) is 6.92 Å². The first kappa shape index (κ1) is 19.2. The number of anilines is 2. The number of nitrogens with one attached hydrogen (secondary N) is 1. The van der Waals surface area contributed by atoms with Crippen molar-refractivity contribution in [3.63, 3.8) is 0 Å². The number of rotatable bonds is 6. The third-order valence-corrected chi connectivity index (χ3v) is 6.33. The van der Waals surface area contributed by atoms with Gasteiger partial charge in [0.05, 0.1) is 16.6 Å². The molecule has 3 rings (SSSR count). The van der Waals surface area contributed by atoms with Gasteiger partial charge in [-0.1, -0.05) is 48.2 Å². The van der Waals surface area contributed by atoms with Gasteiger partial charge in [-0.2, -0.15) is 0 Å². The second kappa shape index (κ2) is 7.97. The summed E-state index contributed by atoms with van der Waals surface area (Å²) in [6.07, 6.45) is 0.578. The van der Waals surface area contributed by atoms with E-state index >= 15 is 0 Å². The number of aromatic nitrogens is 4. The molecule has 0 aliphatic rings.